The number of amides is 1. The van der Waals surface area contributed by atoms with E-state index in [1.165, 1.54) is 0 Å². The number of carbonyl (C=O) groups excluding carboxylic acids is 1. The third kappa shape index (κ3) is 4.34. The third-order valence-corrected chi connectivity index (χ3v) is 3.65. The van der Waals surface area contributed by atoms with E-state index < -0.39 is 0 Å². The molecule has 1 fully saturated rings. The van der Waals surface area contributed by atoms with Gasteiger partial charge in [-0.1, -0.05) is 39.0 Å². The predicted octanol–water partition coefficient (Wildman–Crippen LogP) is 2.93. The molecule has 1 N–H and O–H groups in total. The topological polar surface area (TPSA) is 32.3 Å². The second-order valence-electron chi connectivity index (χ2n) is 6.90. The minimum atomic E-state index is 0.160. The molecule has 3 heteroatoms. The van der Waals surface area contributed by atoms with Crippen LogP contribution < -0.4 is 5.32 Å². The SMILES string of the molecule is CC(C)(C)CNC1CCCN(C(=O)c2ccccc2)C1. The van der Waals surface area contributed by atoms with Crippen molar-refractivity contribution in [2.45, 2.75) is 39.7 Å². The van der Waals surface area contributed by atoms with Crippen LogP contribution in [0, 0.1) is 5.41 Å². The van der Waals surface area contributed by atoms with E-state index in [4.69, 9.17) is 0 Å². The first kappa shape index (κ1) is 15.0. The van der Waals surface area contributed by atoms with Crippen molar-refractivity contribution in [2.75, 3.05) is 19.6 Å². The summed E-state index contributed by atoms with van der Waals surface area (Å²) in [5, 5.41) is 3.60. The number of likely N-dealkylation sites (tertiary alicyclic amines) is 1. The van der Waals surface area contributed by atoms with Gasteiger partial charge in [-0.05, 0) is 30.4 Å². The number of hydrogen-bond acceptors (Lipinski definition) is 2. The van der Waals surface area contributed by atoms with Crippen LogP contribution in [0.4, 0.5) is 0 Å². The van der Waals surface area contributed by atoms with E-state index >= 15 is 0 Å². The second kappa shape index (κ2) is 6.40. The number of nitrogens with one attached hydrogen (secondary N) is 1. The first-order chi connectivity index (χ1) is 9.46. The summed E-state index contributed by atoms with van der Waals surface area (Å²) in [5.74, 6) is 0.160. The maximum atomic E-state index is 12.4. The molecule has 0 aromatic heterocycles. The molecule has 2 rings (SSSR count). The van der Waals surface area contributed by atoms with Gasteiger partial charge in [0.15, 0.2) is 0 Å². The minimum Gasteiger partial charge on any atom is -0.337 e. The standard InChI is InChI=1S/C17H26N2O/c1-17(2,3)13-18-15-10-7-11-19(12-15)16(20)14-8-5-4-6-9-14/h4-6,8-9,15,18H,7,10-13H2,1-3H3. The predicted molar refractivity (Wildman–Crippen MR) is 82.8 cm³/mol. The van der Waals surface area contributed by atoms with Gasteiger partial charge in [0.1, 0.15) is 0 Å². The van der Waals surface area contributed by atoms with Crippen molar-refractivity contribution in [3.05, 3.63) is 35.9 Å². The van der Waals surface area contributed by atoms with E-state index in [1.807, 2.05) is 35.2 Å². The molecule has 1 unspecified atom stereocenters. The smallest absolute Gasteiger partial charge is 0.253 e. The summed E-state index contributed by atoms with van der Waals surface area (Å²) in [6.07, 6.45) is 2.25. The Labute approximate surface area is 122 Å². The van der Waals surface area contributed by atoms with Crippen LogP contribution >= 0.6 is 0 Å². The number of carbonyl (C=O) groups is 1. The largest absolute Gasteiger partial charge is 0.337 e. The molecule has 20 heavy (non-hydrogen) atoms. The van der Waals surface area contributed by atoms with E-state index in [0.717, 1.165) is 38.0 Å². The van der Waals surface area contributed by atoms with Gasteiger partial charge in [-0.25, -0.2) is 0 Å². The van der Waals surface area contributed by atoms with E-state index in [9.17, 15) is 4.79 Å². The van der Waals surface area contributed by atoms with Gasteiger partial charge in [0.2, 0.25) is 0 Å². The fourth-order valence-electron chi connectivity index (χ4n) is 2.54. The maximum Gasteiger partial charge on any atom is 0.253 e. The Hall–Kier alpha value is -1.35. The van der Waals surface area contributed by atoms with Crippen LogP contribution in [0.25, 0.3) is 0 Å². The molecule has 110 valence electrons. The van der Waals surface area contributed by atoms with Crippen molar-refractivity contribution in [2.24, 2.45) is 5.41 Å². The molecule has 1 saturated heterocycles. The Morgan fingerprint density at radius 2 is 2.00 bits per heavy atom. The average molecular weight is 274 g/mol. The lowest BCUT2D eigenvalue weighted by atomic mass is 9.95. The van der Waals surface area contributed by atoms with Crippen LogP contribution in [0.3, 0.4) is 0 Å². The van der Waals surface area contributed by atoms with Crippen LogP contribution in [0.5, 0.6) is 0 Å². The van der Waals surface area contributed by atoms with Gasteiger partial charge < -0.3 is 10.2 Å². The summed E-state index contributed by atoms with van der Waals surface area (Å²) in [6.45, 7) is 9.39. The van der Waals surface area contributed by atoms with Gasteiger partial charge in [0, 0.05) is 31.2 Å². The zero-order valence-electron chi connectivity index (χ0n) is 12.9. The van der Waals surface area contributed by atoms with Crippen molar-refractivity contribution in [1.82, 2.24) is 10.2 Å². The summed E-state index contributed by atoms with van der Waals surface area (Å²) < 4.78 is 0. The van der Waals surface area contributed by atoms with Gasteiger partial charge in [0.05, 0.1) is 0 Å². The summed E-state index contributed by atoms with van der Waals surface area (Å²) in [7, 11) is 0. The zero-order chi connectivity index (χ0) is 14.6. The summed E-state index contributed by atoms with van der Waals surface area (Å²) in [4.78, 5) is 14.4. The fourth-order valence-corrected chi connectivity index (χ4v) is 2.54. The molecule has 1 aromatic carbocycles. The molecule has 1 aliphatic rings. The monoisotopic (exact) mass is 274 g/mol. The molecule has 1 heterocycles. The quantitative estimate of drug-likeness (QED) is 0.919. The van der Waals surface area contributed by atoms with Crippen LogP contribution in [0.2, 0.25) is 0 Å². The Balaban J connectivity index is 1.92. The molecule has 1 amide bonds. The van der Waals surface area contributed by atoms with Crippen LogP contribution in [0.15, 0.2) is 30.3 Å². The number of nitrogens with zero attached hydrogens (tertiary/aromatic N) is 1. The fraction of sp³-hybridized carbons (Fsp3) is 0.588. The van der Waals surface area contributed by atoms with E-state index in [1.54, 1.807) is 0 Å². The molecule has 0 radical (unpaired) electrons. The normalized spacial score (nSPS) is 19.9. The molecule has 0 spiro atoms. The van der Waals surface area contributed by atoms with E-state index in [0.29, 0.717) is 6.04 Å². The summed E-state index contributed by atoms with van der Waals surface area (Å²) >= 11 is 0. The highest BCUT2D eigenvalue weighted by Crippen LogP contribution is 2.16. The number of benzene rings is 1. The number of hydrogen-bond donors (Lipinski definition) is 1. The van der Waals surface area contributed by atoms with Crippen LogP contribution in [-0.4, -0.2) is 36.5 Å². The first-order valence-corrected chi connectivity index (χ1v) is 7.53. The lowest BCUT2D eigenvalue weighted by Gasteiger charge is -2.35. The van der Waals surface area contributed by atoms with Gasteiger partial charge in [0.25, 0.3) is 5.91 Å². The lowest BCUT2D eigenvalue weighted by Crippen LogP contribution is -2.49. The Kier molecular flexibility index (Phi) is 4.81. The molecule has 0 saturated carbocycles. The molecular formula is C17H26N2O. The van der Waals surface area contributed by atoms with Crippen molar-refractivity contribution in [3.8, 4) is 0 Å². The molecule has 0 bridgehead atoms. The highest BCUT2D eigenvalue weighted by molar-refractivity contribution is 5.94. The van der Waals surface area contributed by atoms with Crippen molar-refractivity contribution < 1.29 is 4.79 Å². The molecule has 0 aliphatic carbocycles. The van der Waals surface area contributed by atoms with Gasteiger partial charge in [-0.2, -0.15) is 0 Å². The van der Waals surface area contributed by atoms with Crippen LogP contribution in [-0.2, 0) is 0 Å². The Morgan fingerprint density at radius 3 is 2.65 bits per heavy atom. The molecule has 1 atom stereocenters. The zero-order valence-corrected chi connectivity index (χ0v) is 12.9. The third-order valence-electron chi connectivity index (χ3n) is 3.65. The Morgan fingerprint density at radius 1 is 1.30 bits per heavy atom. The highest BCUT2D eigenvalue weighted by Gasteiger charge is 2.25. The second-order valence-corrected chi connectivity index (χ2v) is 6.90. The lowest BCUT2D eigenvalue weighted by molar-refractivity contribution is 0.0691. The summed E-state index contributed by atoms with van der Waals surface area (Å²) in [5.41, 5.74) is 1.08. The van der Waals surface area contributed by atoms with Crippen molar-refractivity contribution in [1.29, 1.82) is 0 Å². The van der Waals surface area contributed by atoms with Gasteiger partial charge in [-0.3, -0.25) is 4.79 Å². The first-order valence-electron chi connectivity index (χ1n) is 7.53. The number of rotatable bonds is 3. The Bertz CT molecular complexity index is 436. The molecule has 1 aliphatic heterocycles. The highest BCUT2D eigenvalue weighted by atomic mass is 16.2. The van der Waals surface area contributed by atoms with Gasteiger partial charge >= 0.3 is 0 Å². The number of piperidine rings is 1. The maximum absolute atomic E-state index is 12.4. The summed E-state index contributed by atoms with van der Waals surface area (Å²) in [6, 6.07) is 10.0. The van der Waals surface area contributed by atoms with Crippen molar-refractivity contribution >= 4 is 5.91 Å². The van der Waals surface area contributed by atoms with E-state index in [-0.39, 0.29) is 11.3 Å². The molecular weight excluding hydrogens is 248 g/mol. The van der Waals surface area contributed by atoms with Gasteiger partial charge in [-0.15, -0.1) is 0 Å². The van der Waals surface area contributed by atoms with Crippen LogP contribution in [0.1, 0.15) is 44.0 Å². The average Bonchev–Trinajstić information content (AvgIpc) is 2.45. The minimum absolute atomic E-state index is 0.160. The molecule has 3 nitrogen and oxygen atoms in total. The molecule has 1 aromatic rings. The van der Waals surface area contributed by atoms with E-state index in [2.05, 4.69) is 26.1 Å². The van der Waals surface area contributed by atoms with Crippen molar-refractivity contribution in [3.63, 3.8) is 0 Å².